The molecule has 0 saturated carbocycles. The Kier molecular flexibility index (Phi) is 7.51. The summed E-state index contributed by atoms with van der Waals surface area (Å²) in [5, 5.41) is 0. The molecule has 1 amide bonds. The summed E-state index contributed by atoms with van der Waals surface area (Å²) in [5.41, 5.74) is 3.22. The van der Waals surface area contributed by atoms with Gasteiger partial charge in [0.25, 0.3) is 0 Å². The minimum atomic E-state index is -3.47. The predicted octanol–water partition coefficient (Wildman–Crippen LogP) is 3.39. The van der Waals surface area contributed by atoms with Crippen molar-refractivity contribution in [2.75, 3.05) is 44.2 Å². The first-order valence-corrected chi connectivity index (χ1v) is 12.2. The second-order valence-electron chi connectivity index (χ2n) is 7.64. The Hall–Kier alpha value is -2.64. The molecule has 1 saturated heterocycles. The number of anilines is 1. The quantitative estimate of drug-likeness (QED) is 0.618. The number of hydrogen-bond acceptors (Lipinski definition) is 4. The summed E-state index contributed by atoms with van der Waals surface area (Å²) in [5.74, 6) is -0.0243. The molecule has 0 unspecified atom stereocenters. The third kappa shape index (κ3) is 5.54. The zero-order chi connectivity index (χ0) is 22.4. The van der Waals surface area contributed by atoms with Gasteiger partial charge in [0.15, 0.2) is 0 Å². The van der Waals surface area contributed by atoms with Crippen molar-refractivity contribution < 1.29 is 13.2 Å². The topological polar surface area (TPSA) is 60.9 Å². The fourth-order valence-corrected chi connectivity index (χ4v) is 5.20. The van der Waals surface area contributed by atoms with Crippen LogP contribution < -0.4 is 4.90 Å². The highest BCUT2D eigenvalue weighted by atomic mass is 32.2. The molecule has 166 valence electrons. The van der Waals surface area contributed by atoms with E-state index in [2.05, 4.69) is 36.1 Å². The van der Waals surface area contributed by atoms with Gasteiger partial charge in [-0.1, -0.05) is 38.1 Å². The van der Waals surface area contributed by atoms with Gasteiger partial charge in [0.1, 0.15) is 0 Å². The molecule has 2 aromatic carbocycles. The Balaban J connectivity index is 1.58. The number of aryl methyl sites for hydroxylation is 1. The van der Waals surface area contributed by atoms with Crippen molar-refractivity contribution in [1.29, 1.82) is 0 Å². The van der Waals surface area contributed by atoms with E-state index in [1.165, 1.54) is 15.6 Å². The molecule has 0 N–H and O–H groups in total. The molecule has 1 aliphatic rings. The number of piperazine rings is 1. The lowest BCUT2D eigenvalue weighted by Crippen LogP contribution is -2.48. The standard InChI is InChI=1S/C24H31N3O3S/c1-4-27(5-2)31(29,30)23-12-9-21(10-13-23)11-14-24(28)26-17-15-25(16-18-26)22-8-6-7-20(3)19-22/h6-14,19H,4-5,15-18H2,1-3H3/b14-11+. The molecule has 0 atom stereocenters. The number of hydrogen-bond donors (Lipinski definition) is 0. The normalized spacial score (nSPS) is 15.1. The molecule has 0 aromatic heterocycles. The summed E-state index contributed by atoms with van der Waals surface area (Å²) in [6.07, 6.45) is 3.30. The molecule has 3 rings (SSSR count). The van der Waals surface area contributed by atoms with E-state index in [9.17, 15) is 13.2 Å². The van der Waals surface area contributed by atoms with Gasteiger partial charge in [0.05, 0.1) is 4.90 Å². The van der Waals surface area contributed by atoms with E-state index in [1.807, 2.05) is 18.7 Å². The van der Waals surface area contributed by atoms with Crippen molar-refractivity contribution in [2.45, 2.75) is 25.7 Å². The number of rotatable bonds is 7. The molecular weight excluding hydrogens is 410 g/mol. The van der Waals surface area contributed by atoms with Gasteiger partial charge in [-0.3, -0.25) is 4.79 Å². The van der Waals surface area contributed by atoms with E-state index in [-0.39, 0.29) is 10.8 Å². The second-order valence-corrected chi connectivity index (χ2v) is 9.58. The molecule has 31 heavy (non-hydrogen) atoms. The third-order valence-corrected chi connectivity index (χ3v) is 7.66. The fraction of sp³-hybridized carbons (Fsp3) is 0.375. The lowest BCUT2D eigenvalue weighted by atomic mass is 10.2. The second kappa shape index (κ2) is 10.1. The van der Waals surface area contributed by atoms with Crippen LogP contribution in [0.5, 0.6) is 0 Å². The summed E-state index contributed by atoms with van der Waals surface area (Å²) in [7, 11) is -3.47. The Morgan fingerprint density at radius 1 is 1.00 bits per heavy atom. The zero-order valence-electron chi connectivity index (χ0n) is 18.5. The van der Waals surface area contributed by atoms with Gasteiger partial charge in [0, 0.05) is 51.0 Å². The maximum absolute atomic E-state index is 12.6. The van der Waals surface area contributed by atoms with E-state index in [4.69, 9.17) is 0 Å². The highest BCUT2D eigenvalue weighted by molar-refractivity contribution is 7.89. The number of carbonyl (C=O) groups is 1. The molecule has 7 heteroatoms. The molecule has 1 fully saturated rings. The number of carbonyl (C=O) groups excluding carboxylic acids is 1. The maximum atomic E-state index is 12.6. The molecule has 2 aromatic rings. The Bertz CT molecular complexity index is 1020. The smallest absolute Gasteiger partial charge is 0.246 e. The van der Waals surface area contributed by atoms with E-state index in [1.54, 1.807) is 36.4 Å². The van der Waals surface area contributed by atoms with Crippen LogP contribution in [0.1, 0.15) is 25.0 Å². The van der Waals surface area contributed by atoms with Crippen molar-refractivity contribution >= 4 is 27.7 Å². The summed E-state index contributed by atoms with van der Waals surface area (Å²) in [4.78, 5) is 17.0. The lowest BCUT2D eigenvalue weighted by molar-refractivity contribution is -0.126. The highest BCUT2D eigenvalue weighted by Gasteiger charge is 2.21. The first-order valence-electron chi connectivity index (χ1n) is 10.7. The van der Waals surface area contributed by atoms with Crippen molar-refractivity contribution in [2.24, 2.45) is 0 Å². The fourth-order valence-electron chi connectivity index (χ4n) is 3.75. The van der Waals surface area contributed by atoms with Gasteiger partial charge in [0.2, 0.25) is 15.9 Å². The zero-order valence-corrected chi connectivity index (χ0v) is 19.3. The Morgan fingerprint density at radius 2 is 1.65 bits per heavy atom. The number of amides is 1. The van der Waals surface area contributed by atoms with Crippen LogP contribution in [0.3, 0.4) is 0 Å². The number of sulfonamides is 1. The Morgan fingerprint density at radius 3 is 2.23 bits per heavy atom. The van der Waals surface area contributed by atoms with Gasteiger partial charge < -0.3 is 9.80 Å². The van der Waals surface area contributed by atoms with Crippen LogP contribution >= 0.6 is 0 Å². The van der Waals surface area contributed by atoms with Crippen molar-refractivity contribution in [3.8, 4) is 0 Å². The monoisotopic (exact) mass is 441 g/mol. The first kappa shape index (κ1) is 23.0. The van der Waals surface area contributed by atoms with E-state index < -0.39 is 10.0 Å². The summed E-state index contributed by atoms with van der Waals surface area (Å²) in [6, 6.07) is 15.1. The van der Waals surface area contributed by atoms with Crippen molar-refractivity contribution in [3.05, 3.63) is 65.7 Å². The molecule has 0 bridgehead atoms. The molecule has 0 aliphatic carbocycles. The SMILES string of the molecule is CCN(CC)S(=O)(=O)c1ccc(/C=C/C(=O)N2CCN(c3cccc(C)c3)CC2)cc1. The van der Waals surface area contributed by atoms with Gasteiger partial charge in [-0.05, 0) is 48.4 Å². The van der Waals surface area contributed by atoms with Crippen LogP contribution in [0.15, 0.2) is 59.5 Å². The van der Waals surface area contributed by atoms with Crippen LogP contribution in [0.25, 0.3) is 6.08 Å². The largest absolute Gasteiger partial charge is 0.368 e. The average molecular weight is 442 g/mol. The molecule has 6 nitrogen and oxygen atoms in total. The van der Waals surface area contributed by atoms with Gasteiger partial charge in [-0.25, -0.2) is 8.42 Å². The van der Waals surface area contributed by atoms with Crippen molar-refractivity contribution in [1.82, 2.24) is 9.21 Å². The van der Waals surface area contributed by atoms with Gasteiger partial charge in [-0.15, -0.1) is 0 Å². The average Bonchev–Trinajstić information content (AvgIpc) is 2.78. The van der Waals surface area contributed by atoms with E-state index >= 15 is 0 Å². The lowest BCUT2D eigenvalue weighted by Gasteiger charge is -2.35. The van der Waals surface area contributed by atoms with Crippen LogP contribution in [0, 0.1) is 6.92 Å². The summed E-state index contributed by atoms with van der Waals surface area (Å²) < 4.78 is 26.6. The first-order chi connectivity index (χ1) is 14.8. The summed E-state index contributed by atoms with van der Waals surface area (Å²) >= 11 is 0. The third-order valence-electron chi connectivity index (χ3n) is 5.60. The number of nitrogens with zero attached hydrogens (tertiary/aromatic N) is 3. The summed E-state index contributed by atoms with van der Waals surface area (Å²) in [6.45, 7) is 9.57. The Labute approximate surface area is 185 Å². The molecule has 1 aliphatic heterocycles. The molecule has 0 spiro atoms. The molecular formula is C24H31N3O3S. The molecule has 1 heterocycles. The minimum absolute atomic E-state index is 0.0243. The van der Waals surface area contributed by atoms with Crippen molar-refractivity contribution in [3.63, 3.8) is 0 Å². The van der Waals surface area contributed by atoms with Crippen LogP contribution in [-0.2, 0) is 14.8 Å². The van der Waals surface area contributed by atoms with Gasteiger partial charge in [-0.2, -0.15) is 4.31 Å². The van der Waals surface area contributed by atoms with Crippen LogP contribution in [-0.4, -0.2) is 62.8 Å². The number of benzene rings is 2. The van der Waals surface area contributed by atoms with E-state index in [0.717, 1.165) is 18.7 Å². The van der Waals surface area contributed by atoms with Crippen LogP contribution in [0.4, 0.5) is 5.69 Å². The van der Waals surface area contributed by atoms with Crippen LogP contribution in [0.2, 0.25) is 0 Å². The predicted molar refractivity (Wildman–Crippen MR) is 126 cm³/mol. The highest BCUT2D eigenvalue weighted by Crippen LogP contribution is 2.19. The molecule has 0 radical (unpaired) electrons. The minimum Gasteiger partial charge on any atom is -0.368 e. The maximum Gasteiger partial charge on any atom is 0.246 e. The van der Waals surface area contributed by atoms with E-state index in [0.29, 0.717) is 26.2 Å². The van der Waals surface area contributed by atoms with Gasteiger partial charge >= 0.3 is 0 Å².